The highest BCUT2D eigenvalue weighted by Crippen LogP contribution is 2.22. The number of carbonyl (C=O) groups excluding carboxylic acids is 1. The normalized spacial score (nSPS) is 10.0. The maximum atomic E-state index is 13.5. The van der Waals surface area contributed by atoms with Gasteiger partial charge in [-0.15, -0.1) is 0 Å². The quantitative estimate of drug-likeness (QED) is 0.890. The van der Waals surface area contributed by atoms with Crippen molar-refractivity contribution in [3.05, 3.63) is 59.1 Å². The van der Waals surface area contributed by atoms with Crippen LogP contribution in [0.3, 0.4) is 0 Å². The largest absolute Gasteiger partial charge is 0.318 e. The maximum absolute atomic E-state index is 13.5. The van der Waals surface area contributed by atoms with Gasteiger partial charge in [0.2, 0.25) is 0 Å². The molecular weight excluding hydrogens is 243 g/mol. The van der Waals surface area contributed by atoms with Crippen LogP contribution in [0.4, 0.5) is 10.1 Å². The third-order valence-electron chi connectivity index (χ3n) is 2.10. The van der Waals surface area contributed by atoms with Gasteiger partial charge in [0.15, 0.2) is 5.82 Å². The smallest absolute Gasteiger partial charge is 0.274 e. The van der Waals surface area contributed by atoms with Crippen molar-refractivity contribution in [2.24, 2.45) is 0 Å². The highest BCUT2D eigenvalue weighted by atomic mass is 35.5. The minimum atomic E-state index is -0.654. The third kappa shape index (κ3) is 2.60. The maximum Gasteiger partial charge on any atom is 0.274 e. The van der Waals surface area contributed by atoms with Crippen molar-refractivity contribution < 1.29 is 9.18 Å². The number of hydrogen-bond donors (Lipinski definition) is 1. The van der Waals surface area contributed by atoms with Crippen molar-refractivity contribution in [3.63, 3.8) is 0 Å². The van der Waals surface area contributed by atoms with E-state index in [0.717, 1.165) is 0 Å². The van der Waals surface area contributed by atoms with E-state index in [0.29, 0.717) is 0 Å². The summed E-state index contributed by atoms with van der Waals surface area (Å²) in [6.07, 6.45) is 1.49. The summed E-state index contributed by atoms with van der Waals surface area (Å²) in [5, 5.41) is 2.37. The fraction of sp³-hybridized carbons (Fsp3) is 0. The Balaban J connectivity index is 2.22. The van der Waals surface area contributed by atoms with Crippen LogP contribution in [0, 0.1) is 5.82 Å². The summed E-state index contributed by atoms with van der Waals surface area (Å²) in [6, 6.07) is 9.31. The molecule has 17 heavy (non-hydrogen) atoms. The van der Waals surface area contributed by atoms with Gasteiger partial charge in [-0.05, 0) is 24.3 Å². The first-order valence-corrected chi connectivity index (χ1v) is 5.22. The van der Waals surface area contributed by atoms with Crippen LogP contribution in [0.1, 0.15) is 10.5 Å². The monoisotopic (exact) mass is 250 g/mol. The zero-order valence-electron chi connectivity index (χ0n) is 8.65. The molecule has 0 aliphatic heterocycles. The number of benzene rings is 1. The first-order chi connectivity index (χ1) is 8.18. The molecule has 1 aromatic carbocycles. The molecule has 86 valence electrons. The molecule has 1 heterocycles. The number of nitrogens with one attached hydrogen (secondary N) is 1. The van der Waals surface area contributed by atoms with Crippen molar-refractivity contribution in [3.8, 4) is 0 Å². The molecule has 1 N–H and O–H groups in total. The van der Waals surface area contributed by atoms with Gasteiger partial charge in [-0.1, -0.05) is 23.7 Å². The van der Waals surface area contributed by atoms with Crippen LogP contribution in [0.5, 0.6) is 0 Å². The van der Waals surface area contributed by atoms with E-state index in [4.69, 9.17) is 11.6 Å². The number of halogens is 2. The SMILES string of the molecule is O=C(Nc1cccc(Cl)c1F)c1ccccn1. The molecule has 0 bridgehead atoms. The lowest BCUT2D eigenvalue weighted by molar-refractivity contribution is 0.102. The molecule has 5 heteroatoms. The van der Waals surface area contributed by atoms with E-state index < -0.39 is 11.7 Å². The molecule has 3 nitrogen and oxygen atoms in total. The summed E-state index contributed by atoms with van der Waals surface area (Å²) < 4.78 is 13.5. The fourth-order valence-electron chi connectivity index (χ4n) is 1.28. The standard InChI is InChI=1S/C12H8ClFN2O/c13-8-4-3-6-9(11(8)14)16-12(17)10-5-1-2-7-15-10/h1-7H,(H,16,17). The van der Waals surface area contributed by atoms with E-state index in [-0.39, 0.29) is 16.4 Å². The van der Waals surface area contributed by atoms with Gasteiger partial charge >= 0.3 is 0 Å². The minimum absolute atomic E-state index is 0.0353. The summed E-state index contributed by atoms with van der Waals surface area (Å²) in [7, 11) is 0. The van der Waals surface area contributed by atoms with Gasteiger partial charge in [-0.3, -0.25) is 9.78 Å². The van der Waals surface area contributed by atoms with E-state index >= 15 is 0 Å². The number of nitrogens with zero attached hydrogens (tertiary/aromatic N) is 1. The van der Waals surface area contributed by atoms with Crippen LogP contribution < -0.4 is 5.32 Å². The number of amides is 1. The molecule has 0 aliphatic rings. The second-order valence-electron chi connectivity index (χ2n) is 3.27. The van der Waals surface area contributed by atoms with Gasteiger partial charge < -0.3 is 5.32 Å². The number of carbonyl (C=O) groups is 1. The molecule has 0 unspecified atom stereocenters. The lowest BCUT2D eigenvalue weighted by Crippen LogP contribution is -2.14. The number of rotatable bonds is 2. The average Bonchev–Trinajstić information content (AvgIpc) is 2.36. The molecule has 0 fully saturated rings. The zero-order chi connectivity index (χ0) is 12.3. The predicted molar refractivity (Wildman–Crippen MR) is 63.6 cm³/mol. The van der Waals surface area contributed by atoms with E-state index in [1.165, 1.54) is 24.4 Å². The van der Waals surface area contributed by atoms with Crippen LogP contribution in [0.25, 0.3) is 0 Å². The fourth-order valence-corrected chi connectivity index (χ4v) is 1.46. The summed E-state index contributed by atoms with van der Waals surface area (Å²) >= 11 is 5.60. The highest BCUT2D eigenvalue weighted by molar-refractivity contribution is 6.31. The number of hydrogen-bond acceptors (Lipinski definition) is 2. The van der Waals surface area contributed by atoms with Crippen molar-refractivity contribution >= 4 is 23.2 Å². The molecule has 0 aliphatic carbocycles. The summed E-state index contributed by atoms with van der Waals surface area (Å²) in [5.41, 5.74) is 0.250. The van der Waals surface area contributed by atoms with Crippen molar-refractivity contribution in [2.45, 2.75) is 0 Å². The Kier molecular flexibility index (Phi) is 3.35. The van der Waals surface area contributed by atoms with E-state index in [1.54, 1.807) is 18.2 Å². The van der Waals surface area contributed by atoms with Gasteiger partial charge in [0.25, 0.3) is 5.91 Å². The molecule has 0 atom stereocenters. The first-order valence-electron chi connectivity index (χ1n) is 4.85. The van der Waals surface area contributed by atoms with Gasteiger partial charge in [0.05, 0.1) is 10.7 Å². The van der Waals surface area contributed by atoms with Crippen LogP contribution >= 0.6 is 11.6 Å². The predicted octanol–water partition coefficient (Wildman–Crippen LogP) is 3.13. The zero-order valence-corrected chi connectivity index (χ0v) is 9.41. The lowest BCUT2D eigenvalue weighted by atomic mass is 10.3. The molecular formula is C12H8ClFN2O. The minimum Gasteiger partial charge on any atom is -0.318 e. The van der Waals surface area contributed by atoms with Gasteiger partial charge in [-0.25, -0.2) is 4.39 Å². The molecule has 2 aromatic rings. The van der Waals surface area contributed by atoms with E-state index in [9.17, 15) is 9.18 Å². The van der Waals surface area contributed by atoms with Gasteiger partial charge in [0, 0.05) is 6.20 Å². The van der Waals surface area contributed by atoms with Crippen molar-refractivity contribution in [1.29, 1.82) is 0 Å². The number of pyridine rings is 1. The second-order valence-corrected chi connectivity index (χ2v) is 3.68. The topological polar surface area (TPSA) is 42.0 Å². The van der Waals surface area contributed by atoms with Crippen LogP contribution in [-0.4, -0.2) is 10.9 Å². The summed E-state index contributed by atoms with van der Waals surface area (Å²) in [6.45, 7) is 0. The van der Waals surface area contributed by atoms with Crippen LogP contribution in [-0.2, 0) is 0 Å². The van der Waals surface area contributed by atoms with Crippen LogP contribution in [0.2, 0.25) is 5.02 Å². The molecule has 0 saturated carbocycles. The Labute approximate surface area is 102 Å². The lowest BCUT2D eigenvalue weighted by Gasteiger charge is -2.06. The third-order valence-corrected chi connectivity index (χ3v) is 2.39. The first kappa shape index (κ1) is 11.5. The number of anilines is 1. The van der Waals surface area contributed by atoms with Crippen molar-refractivity contribution in [1.82, 2.24) is 4.98 Å². The molecule has 1 amide bonds. The summed E-state index contributed by atoms with van der Waals surface area (Å²) in [5.74, 6) is -1.13. The molecule has 0 saturated heterocycles. The number of aromatic nitrogens is 1. The van der Waals surface area contributed by atoms with Crippen LogP contribution in [0.15, 0.2) is 42.6 Å². The Morgan fingerprint density at radius 3 is 2.76 bits per heavy atom. The molecule has 0 radical (unpaired) electrons. The molecule has 1 aromatic heterocycles. The van der Waals surface area contributed by atoms with Gasteiger partial charge in [0.1, 0.15) is 5.69 Å². The van der Waals surface area contributed by atoms with Crippen molar-refractivity contribution in [2.75, 3.05) is 5.32 Å². The van der Waals surface area contributed by atoms with E-state index in [1.807, 2.05) is 0 Å². The Bertz CT molecular complexity index is 545. The molecule has 2 rings (SSSR count). The van der Waals surface area contributed by atoms with E-state index in [2.05, 4.69) is 10.3 Å². The Morgan fingerprint density at radius 1 is 1.24 bits per heavy atom. The average molecular weight is 251 g/mol. The summed E-state index contributed by atoms with van der Waals surface area (Å²) in [4.78, 5) is 15.6. The Morgan fingerprint density at radius 2 is 2.06 bits per heavy atom. The highest BCUT2D eigenvalue weighted by Gasteiger charge is 2.11. The molecule has 0 spiro atoms. The van der Waals surface area contributed by atoms with Gasteiger partial charge in [-0.2, -0.15) is 0 Å². The second kappa shape index (κ2) is 4.93. The Hall–Kier alpha value is -1.94.